The number of para-hydroxylation sites is 2. The van der Waals surface area contributed by atoms with E-state index in [1.54, 1.807) is 18.2 Å². The van der Waals surface area contributed by atoms with E-state index >= 15 is 0 Å². The van der Waals surface area contributed by atoms with Crippen LogP contribution in [-0.4, -0.2) is 17.6 Å². The van der Waals surface area contributed by atoms with Crippen molar-refractivity contribution in [1.29, 1.82) is 0 Å². The highest BCUT2D eigenvalue weighted by molar-refractivity contribution is 7.80. The number of hydrogen-bond acceptors (Lipinski definition) is 3. The van der Waals surface area contributed by atoms with Gasteiger partial charge in [0.25, 0.3) is 0 Å². The number of rotatable bonds is 5. The summed E-state index contributed by atoms with van der Waals surface area (Å²) in [5.74, 6) is 2.25. The Balaban J connectivity index is 1.35. The number of hydrogen-bond donors (Lipinski definition) is 2. The van der Waals surface area contributed by atoms with E-state index in [0.717, 1.165) is 37.0 Å². The molecule has 0 atom stereocenters. The van der Waals surface area contributed by atoms with E-state index < -0.39 is 6.61 Å². The van der Waals surface area contributed by atoms with Crippen LogP contribution in [0.2, 0.25) is 0 Å². The van der Waals surface area contributed by atoms with E-state index in [-0.39, 0.29) is 22.2 Å². The molecule has 1 aromatic carbocycles. The standard InChI is InChI=1S/C20H24F2N2O2S/c21-18(22)26-16-4-2-1-3-15(16)23-19(27)24-17(25)11-20-8-12-5-13(9-20)7-14(6-12)10-20/h1-4,12-14,18H,5-11H2,(H2,23,24,25,27). The van der Waals surface area contributed by atoms with Gasteiger partial charge in [-0.25, -0.2) is 0 Å². The largest absolute Gasteiger partial charge is 0.433 e. The molecule has 0 spiro atoms. The zero-order valence-corrected chi connectivity index (χ0v) is 15.9. The lowest BCUT2D eigenvalue weighted by molar-refractivity contribution is -0.127. The van der Waals surface area contributed by atoms with Crippen LogP contribution in [0.1, 0.15) is 44.9 Å². The molecule has 1 aromatic rings. The van der Waals surface area contributed by atoms with Gasteiger partial charge in [-0.3, -0.25) is 4.79 Å². The van der Waals surface area contributed by atoms with Crippen LogP contribution < -0.4 is 15.4 Å². The van der Waals surface area contributed by atoms with Gasteiger partial charge in [-0.2, -0.15) is 8.78 Å². The molecule has 4 bridgehead atoms. The average molecular weight is 394 g/mol. The number of nitrogens with one attached hydrogen (secondary N) is 2. The third-order valence-corrected chi connectivity index (χ3v) is 6.51. The predicted octanol–water partition coefficient (Wildman–Crippen LogP) is 4.71. The zero-order valence-electron chi connectivity index (χ0n) is 15.0. The Kier molecular flexibility index (Phi) is 5.05. The second kappa shape index (κ2) is 7.34. The highest BCUT2D eigenvalue weighted by Crippen LogP contribution is 2.61. The second-order valence-corrected chi connectivity index (χ2v) is 8.88. The molecule has 0 aromatic heterocycles. The van der Waals surface area contributed by atoms with Gasteiger partial charge in [-0.15, -0.1) is 0 Å². The molecule has 0 heterocycles. The quantitative estimate of drug-likeness (QED) is 0.711. The van der Waals surface area contributed by atoms with Crippen molar-refractivity contribution in [3.8, 4) is 5.75 Å². The number of thiocarbonyl (C=S) groups is 1. The topological polar surface area (TPSA) is 50.4 Å². The van der Waals surface area contributed by atoms with Crippen molar-refractivity contribution in [3.63, 3.8) is 0 Å². The molecule has 1 amide bonds. The highest BCUT2D eigenvalue weighted by Gasteiger charge is 2.51. The van der Waals surface area contributed by atoms with Gasteiger partial charge < -0.3 is 15.4 Å². The van der Waals surface area contributed by atoms with Crippen molar-refractivity contribution in [1.82, 2.24) is 5.32 Å². The number of ether oxygens (including phenoxy) is 1. The van der Waals surface area contributed by atoms with E-state index in [1.165, 1.54) is 25.3 Å². The molecule has 5 rings (SSSR count). The summed E-state index contributed by atoms with van der Waals surface area (Å²) in [6.45, 7) is -2.92. The lowest BCUT2D eigenvalue weighted by Gasteiger charge is -2.56. The molecule has 0 radical (unpaired) electrons. The molecule has 4 nitrogen and oxygen atoms in total. The average Bonchev–Trinajstić information content (AvgIpc) is 2.54. The molecule has 0 aliphatic heterocycles. The van der Waals surface area contributed by atoms with Crippen molar-refractivity contribution in [3.05, 3.63) is 24.3 Å². The van der Waals surface area contributed by atoms with Crippen molar-refractivity contribution >= 4 is 28.9 Å². The van der Waals surface area contributed by atoms with Crippen molar-refractivity contribution in [2.75, 3.05) is 5.32 Å². The lowest BCUT2D eigenvalue weighted by atomic mass is 9.49. The minimum absolute atomic E-state index is 0.00909. The monoisotopic (exact) mass is 394 g/mol. The Labute approximate surface area is 163 Å². The van der Waals surface area contributed by atoms with Gasteiger partial charge in [0.05, 0.1) is 5.69 Å². The fourth-order valence-corrected chi connectivity index (χ4v) is 6.16. The molecule has 7 heteroatoms. The maximum absolute atomic E-state index is 12.6. The van der Waals surface area contributed by atoms with Crippen LogP contribution in [0.5, 0.6) is 5.75 Å². The Morgan fingerprint density at radius 1 is 1.15 bits per heavy atom. The summed E-state index contributed by atoms with van der Waals surface area (Å²) in [6.07, 6.45) is 7.95. The van der Waals surface area contributed by atoms with Crippen LogP contribution in [0.15, 0.2) is 24.3 Å². The number of benzene rings is 1. The third-order valence-electron chi connectivity index (χ3n) is 6.30. The lowest BCUT2D eigenvalue weighted by Crippen LogP contribution is -2.48. The van der Waals surface area contributed by atoms with Crippen LogP contribution in [0.3, 0.4) is 0 Å². The van der Waals surface area contributed by atoms with Gasteiger partial charge in [0.2, 0.25) is 5.91 Å². The predicted molar refractivity (Wildman–Crippen MR) is 103 cm³/mol. The van der Waals surface area contributed by atoms with E-state index in [1.807, 2.05) is 0 Å². The Hall–Kier alpha value is -1.76. The first kappa shape index (κ1) is 18.6. The smallest absolute Gasteiger partial charge is 0.387 e. The molecule has 0 unspecified atom stereocenters. The molecule has 4 fully saturated rings. The molecule has 2 N–H and O–H groups in total. The fraction of sp³-hybridized carbons (Fsp3) is 0.600. The van der Waals surface area contributed by atoms with E-state index in [4.69, 9.17) is 12.2 Å². The molecule has 4 aliphatic carbocycles. The summed E-state index contributed by atoms with van der Waals surface area (Å²) in [6, 6.07) is 6.28. The summed E-state index contributed by atoms with van der Waals surface area (Å²) in [5, 5.41) is 5.62. The van der Waals surface area contributed by atoms with Gasteiger partial charge in [-0.1, -0.05) is 12.1 Å². The first-order valence-corrected chi connectivity index (χ1v) is 9.96. The highest BCUT2D eigenvalue weighted by atomic mass is 32.1. The number of amides is 1. The first-order chi connectivity index (χ1) is 12.9. The minimum Gasteiger partial charge on any atom is -0.433 e. The minimum atomic E-state index is -2.92. The van der Waals surface area contributed by atoms with Crippen LogP contribution in [-0.2, 0) is 4.79 Å². The zero-order chi connectivity index (χ0) is 19.0. The Morgan fingerprint density at radius 2 is 1.74 bits per heavy atom. The molecular weight excluding hydrogens is 370 g/mol. The normalized spacial score (nSPS) is 31.0. The van der Waals surface area contributed by atoms with Crippen molar-refractivity contribution < 1.29 is 18.3 Å². The Bertz CT molecular complexity index is 705. The van der Waals surface area contributed by atoms with Crippen molar-refractivity contribution in [2.45, 2.75) is 51.6 Å². The molecule has 0 saturated heterocycles. The molecule has 27 heavy (non-hydrogen) atoms. The number of anilines is 1. The van der Waals surface area contributed by atoms with Gasteiger partial charge >= 0.3 is 6.61 Å². The van der Waals surface area contributed by atoms with Crippen LogP contribution in [0.4, 0.5) is 14.5 Å². The third kappa shape index (κ3) is 4.23. The maximum atomic E-state index is 12.6. The summed E-state index contributed by atoms with van der Waals surface area (Å²) < 4.78 is 29.5. The summed E-state index contributed by atoms with van der Waals surface area (Å²) >= 11 is 5.21. The van der Waals surface area contributed by atoms with E-state index in [2.05, 4.69) is 15.4 Å². The van der Waals surface area contributed by atoms with Gasteiger partial charge in [0.1, 0.15) is 5.75 Å². The number of carbonyl (C=O) groups excluding carboxylic acids is 1. The van der Waals surface area contributed by atoms with E-state index in [0.29, 0.717) is 12.1 Å². The van der Waals surface area contributed by atoms with Crippen molar-refractivity contribution in [2.24, 2.45) is 23.2 Å². The Morgan fingerprint density at radius 3 is 2.33 bits per heavy atom. The van der Waals surface area contributed by atoms with Gasteiger partial charge in [0.15, 0.2) is 5.11 Å². The summed E-state index contributed by atoms with van der Waals surface area (Å²) in [5.41, 5.74) is 0.434. The van der Waals surface area contributed by atoms with E-state index in [9.17, 15) is 13.6 Å². The number of halogens is 2. The molecular formula is C20H24F2N2O2S. The fourth-order valence-electron chi connectivity index (χ4n) is 5.94. The molecule has 4 aliphatic rings. The first-order valence-electron chi connectivity index (χ1n) is 9.55. The van der Waals surface area contributed by atoms with Crippen LogP contribution >= 0.6 is 12.2 Å². The second-order valence-electron chi connectivity index (χ2n) is 8.47. The summed E-state index contributed by atoms with van der Waals surface area (Å²) in [7, 11) is 0. The number of carbonyl (C=O) groups is 1. The maximum Gasteiger partial charge on any atom is 0.387 e. The summed E-state index contributed by atoms with van der Waals surface area (Å²) in [4.78, 5) is 12.6. The molecule has 146 valence electrons. The van der Waals surface area contributed by atoms with Gasteiger partial charge in [0, 0.05) is 6.42 Å². The van der Waals surface area contributed by atoms with Crippen LogP contribution in [0.25, 0.3) is 0 Å². The van der Waals surface area contributed by atoms with Crippen LogP contribution in [0, 0.1) is 23.2 Å². The van der Waals surface area contributed by atoms with Gasteiger partial charge in [-0.05, 0) is 86.0 Å². The molecule has 4 saturated carbocycles. The SMILES string of the molecule is O=C(CC12CC3CC(CC(C3)C1)C2)NC(=S)Nc1ccccc1OC(F)F. The number of alkyl halides is 2.